The summed E-state index contributed by atoms with van der Waals surface area (Å²) in [5.41, 5.74) is 5.82. The highest BCUT2D eigenvalue weighted by Crippen LogP contribution is 2.06. The highest BCUT2D eigenvalue weighted by atomic mass is 16.4. The van der Waals surface area contributed by atoms with Crippen molar-refractivity contribution in [3.05, 3.63) is 0 Å². The van der Waals surface area contributed by atoms with Gasteiger partial charge in [0.05, 0.1) is 12.6 Å². The summed E-state index contributed by atoms with van der Waals surface area (Å²) in [6.07, 6.45) is -0.266. The lowest BCUT2D eigenvalue weighted by atomic mass is 10.0. The molecule has 0 aromatic carbocycles. The van der Waals surface area contributed by atoms with Gasteiger partial charge in [-0.1, -0.05) is 27.7 Å². The molecule has 0 aliphatic rings. The Morgan fingerprint density at radius 3 is 1.97 bits per heavy atom. The van der Waals surface area contributed by atoms with Gasteiger partial charge in [-0.3, -0.25) is 19.2 Å². The summed E-state index contributed by atoms with van der Waals surface area (Å²) in [5.74, 6) is -4.53. The third-order valence-corrected chi connectivity index (χ3v) is 4.01. The fourth-order valence-electron chi connectivity index (χ4n) is 2.46. The van der Waals surface area contributed by atoms with Gasteiger partial charge >= 0.3 is 11.9 Å². The molecule has 11 heteroatoms. The number of rotatable bonds is 13. The Bertz CT molecular complexity index is 607. The maximum Gasteiger partial charge on any atom is 0.326 e. The Hall–Kier alpha value is -2.69. The summed E-state index contributed by atoms with van der Waals surface area (Å²) in [6, 6.07) is -3.07. The van der Waals surface area contributed by atoms with Crippen molar-refractivity contribution in [2.24, 2.45) is 17.6 Å². The summed E-state index contributed by atoms with van der Waals surface area (Å²) in [4.78, 5) is 58.1. The van der Waals surface area contributed by atoms with E-state index in [1.165, 1.54) is 0 Å². The maximum absolute atomic E-state index is 12.4. The summed E-state index contributed by atoms with van der Waals surface area (Å²) < 4.78 is 0. The van der Waals surface area contributed by atoms with Crippen LogP contribution in [0.15, 0.2) is 0 Å². The predicted molar refractivity (Wildman–Crippen MR) is 104 cm³/mol. The van der Waals surface area contributed by atoms with Gasteiger partial charge in [0.25, 0.3) is 0 Å². The molecule has 0 aliphatic heterocycles. The number of amides is 3. The van der Waals surface area contributed by atoms with Crippen molar-refractivity contribution in [1.29, 1.82) is 0 Å². The van der Waals surface area contributed by atoms with E-state index in [1.54, 1.807) is 13.8 Å². The van der Waals surface area contributed by atoms with Gasteiger partial charge in [-0.25, -0.2) is 4.79 Å². The third kappa shape index (κ3) is 11.0. The number of carbonyl (C=O) groups excluding carboxylic acids is 3. The number of nitrogens with one attached hydrogen (secondary N) is 3. The van der Waals surface area contributed by atoms with Crippen LogP contribution in [0.1, 0.15) is 47.0 Å². The van der Waals surface area contributed by atoms with Gasteiger partial charge in [-0.05, 0) is 24.7 Å². The van der Waals surface area contributed by atoms with Gasteiger partial charge in [-0.15, -0.1) is 0 Å². The van der Waals surface area contributed by atoms with E-state index in [-0.39, 0.29) is 18.3 Å². The average molecular weight is 416 g/mol. The number of carboxylic acid groups (broad SMARTS) is 2. The van der Waals surface area contributed by atoms with E-state index in [4.69, 9.17) is 15.9 Å². The Morgan fingerprint density at radius 1 is 0.931 bits per heavy atom. The van der Waals surface area contributed by atoms with Crippen LogP contribution >= 0.6 is 0 Å². The molecule has 0 saturated heterocycles. The van der Waals surface area contributed by atoms with Gasteiger partial charge in [0.15, 0.2) is 0 Å². The smallest absolute Gasteiger partial charge is 0.326 e. The molecule has 29 heavy (non-hydrogen) atoms. The van der Waals surface area contributed by atoms with Gasteiger partial charge in [-0.2, -0.15) is 0 Å². The first kappa shape index (κ1) is 26.3. The number of nitrogens with two attached hydrogens (primary N) is 1. The van der Waals surface area contributed by atoms with Crippen molar-refractivity contribution < 1.29 is 34.2 Å². The molecular weight excluding hydrogens is 384 g/mol. The Balaban J connectivity index is 4.74. The van der Waals surface area contributed by atoms with E-state index >= 15 is 0 Å². The molecule has 11 nitrogen and oxygen atoms in total. The molecule has 0 heterocycles. The molecule has 0 saturated carbocycles. The van der Waals surface area contributed by atoms with E-state index in [0.717, 1.165) is 0 Å². The van der Waals surface area contributed by atoms with Crippen LogP contribution in [0.5, 0.6) is 0 Å². The second-order valence-corrected chi connectivity index (χ2v) is 7.57. The number of hydrogen-bond donors (Lipinski definition) is 6. The van der Waals surface area contributed by atoms with Crippen molar-refractivity contribution >= 4 is 29.7 Å². The molecule has 0 aliphatic carbocycles. The van der Waals surface area contributed by atoms with Crippen LogP contribution in [-0.2, 0) is 24.0 Å². The first-order valence-corrected chi connectivity index (χ1v) is 9.42. The van der Waals surface area contributed by atoms with Crippen molar-refractivity contribution in [3.8, 4) is 0 Å². The minimum atomic E-state index is -1.38. The molecule has 0 rings (SSSR count). The van der Waals surface area contributed by atoms with Crippen LogP contribution in [0.25, 0.3) is 0 Å². The van der Waals surface area contributed by atoms with Crippen molar-refractivity contribution in [2.75, 3.05) is 6.54 Å². The summed E-state index contributed by atoms with van der Waals surface area (Å²) in [7, 11) is 0. The topological polar surface area (TPSA) is 188 Å². The lowest BCUT2D eigenvalue weighted by Crippen LogP contribution is -2.55. The van der Waals surface area contributed by atoms with Crippen LogP contribution in [0, 0.1) is 11.8 Å². The van der Waals surface area contributed by atoms with Crippen molar-refractivity contribution in [1.82, 2.24) is 16.0 Å². The number of carboxylic acids is 2. The normalized spacial score (nSPS) is 14.0. The van der Waals surface area contributed by atoms with Crippen LogP contribution < -0.4 is 21.7 Å². The maximum atomic E-state index is 12.4. The number of hydrogen-bond acceptors (Lipinski definition) is 6. The molecule has 3 amide bonds. The van der Waals surface area contributed by atoms with Crippen molar-refractivity contribution in [2.45, 2.75) is 65.1 Å². The van der Waals surface area contributed by atoms with E-state index in [0.29, 0.717) is 6.42 Å². The second-order valence-electron chi connectivity index (χ2n) is 7.57. The van der Waals surface area contributed by atoms with Crippen LogP contribution in [0.3, 0.4) is 0 Å². The standard InChI is InChI=1S/C18H32N4O7/c1-9(2)7-11(19)16(26)22-15(10(3)4)17(27)20-8-13(23)21-12(18(28)29)5-6-14(24)25/h9-12,15H,5-8,19H2,1-4H3,(H,20,27)(H,21,23)(H,22,26)(H,24,25)(H,28,29)/t11-,12-,15-/m0/s1. The Labute approximate surface area is 169 Å². The summed E-state index contributed by atoms with van der Waals surface area (Å²) >= 11 is 0. The lowest BCUT2D eigenvalue weighted by Gasteiger charge is -2.24. The van der Waals surface area contributed by atoms with Gasteiger partial charge in [0.2, 0.25) is 17.7 Å². The quantitative estimate of drug-likeness (QED) is 0.221. The van der Waals surface area contributed by atoms with E-state index in [2.05, 4.69) is 16.0 Å². The van der Waals surface area contributed by atoms with Gasteiger partial charge < -0.3 is 31.9 Å². The molecule has 3 atom stereocenters. The van der Waals surface area contributed by atoms with E-state index in [1.807, 2.05) is 13.8 Å². The molecule has 0 fully saturated rings. The Kier molecular flexibility index (Phi) is 11.5. The molecule has 0 unspecified atom stereocenters. The second kappa shape index (κ2) is 12.7. The fourth-order valence-corrected chi connectivity index (χ4v) is 2.46. The highest BCUT2D eigenvalue weighted by molar-refractivity contribution is 5.92. The third-order valence-electron chi connectivity index (χ3n) is 4.01. The van der Waals surface area contributed by atoms with Crippen LogP contribution in [0.2, 0.25) is 0 Å². The lowest BCUT2D eigenvalue weighted by molar-refractivity contribution is -0.143. The number of aliphatic carboxylic acids is 2. The van der Waals surface area contributed by atoms with Crippen LogP contribution in [0.4, 0.5) is 0 Å². The Morgan fingerprint density at radius 2 is 1.52 bits per heavy atom. The number of carbonyl (C=O) groups is 5. The van der Waals surface area contributed by atoms with Crippen molar-refractivity contribution in [3.63, 3.8) is 0 Å². The summed E-state index contributed by atoms with van der Waals surface area (Å²) in [5, 5.41) is 24.7. The predicted octanol–water partition coefficient (Wildman–Crippen LogP) is -0.949. The van der Waals surface area contributed by atoms with E-state index in [9.17, 15) is 24.0 Å². The average Bonchev–Trinajstić information content (AvgIpc) is 2.59. The molecule has 0 bridgehead atoms. The molecule has 0 aromatic heterocycles. The SMILES string of the molecule is CC(C)C[C@H](N)C(=O)N[C@H](C(=O)NCC(=O)N[C@@H](CCC(=O)O)C(=O)O)C(C)C. The van der Waals surface area contributed by atoms with Gasteiger partial charge in [0, 0.05) is 6.42 Å². The molecule has 7 N–H and O–H groups in total. The monoisotopic (exact) mass is 416 g/mol. The minimum Gasteiger partial charge on any atom is -0.481 e. The van der Waals surface area contributed by atoms with Gasteiger partial charge in [0.1, 0.15) is 12.1 Å². The highest BCUT2D eigenvalue weighted by Gasteiger charge is 2.27. The molecular formula is C18H32N4O7. The fraction of sp³-hybridized carbons (Fsp3) is 0.722. The minimum absolute atomic E-state index is 0.203. The first-order chi connectivity index (χ1) is 13.3. The zero-order chi connectivity index (χ0) is 22.7. The zero-order valence-electron chi connectivity index (χ0n) is 17.2. The van der Waals surface area contributed by atoms with Crippen LogP contribution in [-0.4, -0.2) is 64.5 Å². The first-order valence-electron chi connectivity index (χ1n) is 9.42. The largest absolute Gasteiger partial charge is 0.481 e. The summed E-state index contributed by atoms with van der Waals surface area (Å²) in [6.45, 7) is 6.74. The molecule has 0 spiro atoms. The zero-order valence-corrected chi connectivity index (χ0v) is 17.2. The van der Waals surface area contributed by atoms with E-state index < -0.39 is 60.8 Å². The molecule has 0 radical (unpaired) electrons. The molecule has 0 aromatic rings. The molecule has 166 valence electrons.